The molecule has 2 aliphatic rings. The first-order valence-electron chi connectivity index (χ1n) is 10.9. The van der Waals surface area contributed by atoms with E-state index in [0.29, 0.717) is 15.1 Å². The van der Waals surface area contributed by atoms with E-state index in [9.17, 15) is 14.4 Å². The van der Waals surface area contributed by atoms with Gasteiger partial charge in [-0.2, -0.15) is 0 Å². The number of carbonyl (C=O) groups is 2. The Balaban J connectivity index is 2.00. The van der Waals surface area contributed by atoms with Gasteiger partial charge in [-0.15, -0.1) is 0 Å². The number of fused-ring (bicyclic) bond motifs is 2. The maximum atomic E-state index is 13.7. The molecule has 0 fully saturated rings. The minimum absolute atomic E-state index is 0.0176. The Bertz CT molecular complexity index is 1370. The van der Waals surface area contributed by atoms with Crippen LogP contribution in [-0.4, -0.2) is 35.6 Å². The molecule has 0 radical (unpaired) electrons. The van der Waals surface area contributed by atoms with Crippen molar-refractivity contribution < 1.29 is 28.2 Å². The van der Waals surface area contributed by atoms with Crippen LogP contribution < -0.4 is 5.43 Å². The van der Waals surface area contributed by atoms with E-state index in [1.165, 1.54) is 24.1 Å². The molecule has 0 amide bonds. The van der Waals surface area contributed by atoms with E-state index in [-0.39, 0.29) is 35.4 Å². The van der Waals surface area contributed by atoms with Gasteiger partial charge in [-0.1, -0.05) is 23.4 Å². The van der Waals surface area contributed by atoms with Crippen molar-refractivity contribution in [2.45, 2.75) is 46.3 Å². The highest BCUT2D eigenvalue weighted by molar-refractivity contribution is 9.10. The molecule has 3 heterocycles. The van der Waals surface area contributed by atoms with Crippen molar-refractivity contribution in [1.29, 1.82) is 0 Å². The lowest BCUT2D eigenvalue weighted by atomic mass is 9.97. The standard InChI is InChI=1S/C24H23BrClNO7S/c1-6-31-22(29)16-18(23(30)32-7-2)27-11(4)12(5)35-24(27)34-20(16)14-9-33-21-13(19(14)28)8-15(26)10(3)17(21)25/h8-9,20,24H,6-7H2,1-5H3. The predicted octanol–water partition coefficient (Wildman–Crippen LogP) is 5.55. The molecule has 2 atom stereocenters. The molecule has 11 heteroatoms. The molecule has 4 rings (SSSR count). The van der Waals surface area contributed by atoms with E-state index in [2.05, 4.69) is 15.9 Å². The Hall–Kier alpha value is -2.27. The number of rotatable bonds is 5. The quantitative estimate of drug-likeness (QED) is 0.419. The summed E-state index contributed by atoms with van der Waals surface area (Å²) in [5.41, 5.74) is 0.528. The number of carbonyl (C=O) groups excluding carboxylic acids is 2. The first-order chi connectivity index (χ1) is 16.6. The fourth-order valence-electron chi connectivity index (χ4n) is 3.96. The maximum absolute atomic E-state index is 13.7. The third-order valence-corrected chi connectivity index (χ3v) is 8.35. The highest BCUT2D eigenvalue weighted by Gasteiger charge is 2.48. The average molecular weight is 585 g/mol. The highest BCUT2D eigenvalue weighted by atomic mass is 79.9. The van der Waals surface area contributed by atoms with Crippen LogP contribution in [0, 0.1) is 6.92 Å². The van der Waals surface area contributed by atoms with E-state index < -0.39 is 29.0 Å². The van der Waals surface area contributed by atoms with Crippen molar-refractivity contribution >= 4 is 62.2 Å². The van der Waals surface area contributed by atoms with Gasteiger partial charge in [0.05, 0.1) is 28.6 Å². The first-order valence-corrected chi connectivity index (χ1v) is 12.9. The molecule has 1 aromatic carbocycles. The maximum Gasteiger partial charge on any atom is 0.355 e. The summed E-state index contributed by atoms with van der Waals surface area (Å²) < 4.78 is 23.2. The van der Waals surface area contributed by atoms with Gasteiger partial charge >= 0.3 is 11.9 Å². The summed E-state index contributed by atoms with van der Waals surface area (Å²) >= 11 is 11.1. The summed E-state index contributed by atoms with van der Waals surface area (Å²) in [6.07, 6.45) is 0.0121. The van der Waals surface area contributed by atoms with Gasteiger partial charge in [0.15, 0.2) is 16.6 Å². The van der Waals surface area contributed by atoms with Crippen LogP contribution in [0.5, 0.6) is 0 Å². The Morgan fingerprint density at radius 3 is 2.49 bits per heavy atom. The number of esters is 2. The second-order valence-corrected chi connectivity index (χ2v) is 10.3. The highest BCUT2D eigenvalue weighted by Crippen LogP contribution is 2.49. The zero-order valence-electron chi connectivity index (χ0n) is 19.7. The van der Waals surface area contributed by atoms with E-state index >= 15 is 0 Å². The molecule has 2 aromatic rings. The van der Waals surface area contributed by atoms with Gasteiger partial charge in [-0.25, -0.2) is 9.59 Å². The minimum atomic E-state index is -1.24. The number of halogens is 2. The van der Waals surface area contributed by atoms with Crippen LogP contribution in [0.1, 0.15) is 44.9 Å². The van der Waals surface area contributed by atoms with E-state index in [1.807, 2.05) is 13.8 Å². The van der Waals surface area contributed by atoms with Crippen molar-refractivity contribution in [1.82, 2.24) is 4.90 Å². The smallest absolute Gasteiger partial charge is 0.355 e. The number of ether oxygens (including phenoxy) is 3. The van der Waals surface area contributed by atoms with Gasteiger partial charge in [0, 0.05) is 15.6 Å². The normalized spacial score (nSPS) is 19.9. The van der Waals surface area contributed by atoms with Crippen LogP contribution in [0.3, 0.4) is 0 Å². The van der Waals surface area contributed by atoms with Crippen LogP contribution in [0.4, 0.5) is 0 Å². The Kier molecular flexibility index (Phi) is 7.38. The third kappa shape index (κ3) is 4.30. The number of allylic oxidation sites excluding steroid dienone is 2. The summed E-state index contributed by atoms with van der Waals surface area (Å²) in [4.78, 5) is 42.6. The first kappa shape index (κ1) is 25.8. The average Bonchev–Trinajstić information content (AvgIpc) is 3.10. The number of benzene rings is 1. The summed E-state index contributed by atoms with van der Waals surface area (Å²) in [5.74, 6) is -1.50. The van der Waals surface area contributed by atoms with Crippen molar-refractivity contribution in [3.8, 4) is 0 Å². The van der Waals surface area contributed by atoms with Crippen LogP contribution in [0.15, 0.2) is 47.9 Å². The molecular formula is C24H23BrClNO7S. The molecule has 2 aliphatic heterocycles. The molecule has 0 N–H and O–H groups in total. The van der Waals surface area contributed by atoms with Crippen LogP contribution in [0.25, 0.3) is 11.0 Å². The van der Waals surface area contributed by atoms with Crippen LogP contribution in [-0.2, 0) is 23.8 Å². The number of hydrogen-bond donors (Lipinski definition) is 0. The summed E-state index contributed by atoms with van der Waals surface area (Å²) in [6, 6.07) is 1.52. The molecule has 8 nitrogen and oxygen atoms in total. The van der Waals surface area contributed by atoms with Gasteiger partial charge in [-0.3, -0.25) is 4.79 Å². The lowest BCUT2D eigenvalue weighted by Gasteiger charge is -2.38. The largest absolute Gasteiger partial charge is 0.462 e. The number of hydrogen-bond acceptors (Lipinski definition) is 9. The van der Waals surface area contributed by atoms with Crippen molar-refractivity contribution in [3.63, 3.8) is 0 Å². The summed E-state index contributed by atoms with van der Waals surface area (Å²) in [5, 5.41) is 0.584. The molecule has 1 aromatic heterocycles. The van der Waals surface area contributed by atoms with Crippen molar-refractivity contribution in [3.05, 3.63) is 65.0 Å². The molecule has 0 saturated heterocycles. The van der Waals surface area contributed by atoms with Gasteiger partial charge in [-0.05, 0) is 62.2 Å². The zero-order valence-corrected chi connectivity index (χ0v) is 22.9. The molecule has 0 bridgehead atoms. The topological polar surface area (TPSA) is 95.3 Å². The lowest BCUT2D eigenvalue weighted by molar-refractivity contribution is -0.149. The molecule has 0 aliphatic carbocycles. The van der Waals surface area contributed by atoms with E-state index in [1.54, 1.807) is 25.7 Å². The second kappa shape index (κ2) is 10.0. The number of thioether (sulfide) groups is 1. The van der Waals surface area contributed by atoms with E-state index in [4.69, 9.17) is 30.2 Å². The summed E-state index contributed by atoms with van der Waals surface area (Å²) in [6.45, 7) is 8.98. The third-order valence-electron chi connectivity index (χ3n) is 5.83. The fourth-order valence-corrected chi connectivity index (χ4v) is 5.90. The second-order valence-electron chi connectivity index (χ2n) is 7.85. The Morgan fingerprint density at radius 2 is 1.83 bits per heavy atom. The van der Waals surface area contributed by atoms with Crippen molar-refractivity contribution in [2.75, 3.05) is 13.2 Å². The number of nitrogens with zero attached hydrogens (tertiary/aromatic N) is 1. The van der Waals surface area contributed by atoms with E-state index in [0.717, 1.165) is 16.2 Å². The Morgan fingerprint density at radius 1 is 1.17 bits per heavy atom. The molecular weight excluding hydrogens is 562 g/mol. The predicted molar refractivity (Wildman–Crippen MR) is 136 cm³/mol. The minimum Gasteiger partial charge on any atom is -0.462 e. The van der Waals surface area contributed by atoms with Gasteiger partial charge in [0.1, 0.15) is 23.6 Å². The molecule has 0 spiro atoms. The van der Waals surface area contributed by atoms with Gasteiger partial charge in [0.2, 0.25) is 0 Å². The molecule has 2 unspecified atom stereocenters. The van der Waals surface area contributed by atoms with Crippen LogP contribution in [0.2, 0.25) is 5.02 Å². The zero-order chi connectivity index (χ0) is 25.6. The molecule has 0 saturated carbocycles. The van der Waals surface area contributed by atoms with Gasteiger partial charge in [0.25, 0.3) is 0 Å². The lowest BCUT2D eigenvalue weighted by Crippen LogP contribution is -2.43. The van der Waals surface area contributed by atoms with Crippen LogP contribution >= 0.6 is 39.3 Å². The summed E-state index contributed by atoms with van der Waals surface area (Å²) in [7, 11) is 0. The molecule has 186 valence electrons. The SMILES string of the molecule is CCOC(=O)C1=C(C(=O)OCC)N2C(C)=C(C)SC2OC1c1coc2c(Br)c(C)c(Cl)cc2c1=O. The monoisotopic (exact) mass is 583 g/mol. The van der Waals surface area contributed by atoms with Gasteiger partial charge < -0.3 is 23.5 Å². The fraction of sp³-hybridized carbons (Fsp3) is 0.375. The molecule has 35 heavy (non-hydrogen) atoms. The Labute approximate surface area is 219 Å². The van der Waals surface area contributed by atoms with Crippen molar-refractivity contribution in [2.24, 2.45) is 0 Å².